The third-order valence-electron chi connectivity index (χ3n) is 6.05. The largest absolute Gasteiger partial charge is 0.416 e. The van der Waals surface area contributed by atoms with Gasteiger partial charge in [0, 0.05) is 32.1 Å². The Morgan fingerprint density at radius 3 is 2.45 bits per heavy atom. The van der Waals surface area contributed by atoms with Gasteiger partial charge in [0.1, 0.15) is 0 Å². The molecule has 5 nitrogen and oxygen atoms in total. The monoisotopic (exact) mass is 410 g/mol. The number of carbonyl (C=O) groups is 1. The van der Waals surface area contributed by atoms with E-state index in [1.54, 1.807) is 13.1 Å². The number of likely N-dealkylation sites (tertiary alicyclic amines) is 1. The number of carbonyl (C=O) groups excluding carboxylic acids is 1. The average Bonchev–Trinajstić information content (AvgIpc) is 2.69. The van der Waals surface area contributed by atoms with E-state index in [0.29, 0.717) is 18.1 Å². The van der Waals surface area contributed by atoms with Crippen LogP contribution in [-0.2, 0) is 16.4 Å². The third kappa shape index (κ3) is 5.22. The van der Waals surface area contributed by atoms with E-state index >= 15 is 0 Å². The number of benzene rings is 1. The summed E-state index contributed by atoms with van der Waals surface area (Å²) in [4.78, 5) is 18.3. The summed E-state index contributed by atoms with van der Waals surface area (Å²) in [5, 5.41) is 6.26. The van der Waals surface area contributed by atoms with Crippen LogP contribution in [0.3, 0.4) is 0 Å². The molecule has 0 unspecified atom stereocenters. The number of halogens is 3. The van der Waals surface area contributed by atoms with Crippen LogP contribution in [-0.4, -0.2) is 50.0 Å². The molecule has 8 heteroatoms. The molecule has 0 atom stereocenters. The fourth-order valence-corrected chi connectivity index (χ4v) is 4.08. The lowest BCUT2D eigenvalue weighted by Crippen LogP contribution is -2.51. The molecule has 1 amide bonds. The third-order valence-corrected chi connectivity index (χ3v) is 6.05. The first-order valence-electron chi connectivity index (χ1n) is 10.2. The summed E-state index contributed by atoms with van der Waals surface area (Å²) in [6, 6.07) is 5.61. The van der Waals surface area contributed by atoms with Crippen LogP contribution in [0.5, 0.6) is 0 Å². The van der Waals surface area contributed by atoms with Crippen LogP contribution in [0.25, 0.3) is 0 Å². The Morgan fingerprint density at radius 1 is 1.14 bits per heavy atom. The molecule has 1 heterocycles. The van der Waals surface area contributed by atoms with Gasteiger partial charge in [-0.05, 0) is 43.7 Å². The van der Waals surface area contributed by atoms with Gasteiger partial charge in [0.15, 0.2) is 5.96 Å². The highest BCUT2D eigenvalue weighted by molar-refractivity contribution is 5.86. The van der Waals surface area contributed by atoms with Crippen molar-refractivity contribution in [2.45, 2.75) is 50.1 Å². The smallest absolute Gasteiger partial charge is 0.356 e. The van der Waals surface area contributed by atoms with Crippen molar-refractivity contribution in [2.75, 3.05) is 33.2 Å². The van der Waals surface area contributed by atoms with E-state index < -0.39 is 11.7 Å². The van der Waals surface area contributed by atoms with Gasteiger partial charge < -0.3 is 15.5 Å². The van der Waals surface area contributed by atoms with Gasteiger partial charge in [0.25, 0.3) is 0 Å². The first-order chi connectivity index (χ1) is 13.8. The molecule has 2 fully saturated rings. The second kappa shape index (κ2) is 9.05. The van der Waals surface area contributed by atoms with Gasteiger partial charge in [-0.15, -0.1) is 0 Å². The van der Waals surface area contributed by atoms with Crippen molar-refractivity contribution < 1.29 is 18.0 Å². The van der Waals surface area contributed by atoms with E-state index in [1.807, 2.05) is 4.90 Å². The van der Waals surface area contributed by atoms with Gasteiger partial charge in [0.2, 0.25) is 5.91 Å². The van der Waals surface area contributed by atoms with E-state index in [9.17, 15) is 18.0 Å². The zero-order chi connectivity index (χ0) is 20.9. The lowest BCUT2D eigenvalue weighted by molar-refractivity contribution is -0.137. The van der Waals surface area contributed by atoms with Gasteiger partial charge in [-0.3, -0.25) is 9.79 Å². The molecular formula is C21H29F3N4O. The maximum Gasteiger partial charge on any atom is 0.416 e. The van der Waals surface area contributed by atoms with Crippen LogP contribution in [0.15, 0.2) is 29.3 Å². The van der Waals surface area contributed by atoms with Gasteiger partial charge in [0.05, 0.1) is 12.1 Å². The molecule has 0 bridgehead atoms. The number of alkyl halides is 3. The Hall–Kier alpha value is -2.25. The van der Waals surface area contributed by atoms with Gasteiger partial charge >= 0.3 is 6.18 Å². The molecule has 1 aliphatic heterocycles. The van der Waals surface area contributed by atoms with E-state index in [-0.39, 0.29) is 17.9 Å². The van der Waals surface area contributed by atoms with Crippen LogP contribution in [0, 0.1) is 0 Å². The number of piperidine rings is 1. The van der Waals surface area contributed by atoms with Gasteiger partial charge in [-0.1, -0.05) is 24.6 Å². The van der Waals surface area contributed by atoms with Crippen LogP contribution in [0.1, 0.15) is 49.7 Å². The minimum absolute atomic E-state index is 0.0453. The van der Waals surface area contributed by atoms with E-state index in [1.165, 1.54) is 12.1 Å². The number of rotatable bonds is 5. The van der Waals surface area contributed by atoms with Crippen LogP contribution in [0.4, 0.5) is 13.2 Å². The second-order valence-corrected chi connectivity index (χ2v) is 7.93. The lowest BCUT2D eigenvalue weighted by Gasteiger charge is -2.43. The predicted octanol–water partition coefficient (Wildman–Crippen LogP) is 3.30. The van der Waals surface area contributed by atoms with Crippen LogP contribution < -0.4 is 10.6 Å². The van der Waals surface area contributed by atoms with Crippen molar-refractivity contribution in [3.8, 4) is 0 Å². The molecule has 1 saturated carbocycles. The van der Waals surface area contributed by atoms with Crippen LogP contribution in [0.2, 0.25) is 0 Å². The summed E-state index contributed by atoms with van der Waals surface area (Å²) >= 11 is 0. The molecule has 29 heavy (non-hydrogen) atoms. The van der Waals surface area contributed by atoms with E-state index in [0.717, 1.165) is 57.7 Å². The van der Waals surface area contributed by atoms with Gasteiger partial charge in [-0.2, -0.15) is 13.2 Å². The Bertz CT molecular complexity index is 738. The number of guanidine groups is 1. The molecule has 1 aromatic carbocycles. The Balaban J connectivity index is 1.58. The predicted molar refractivity (Wildman–Crippen MR) is 107 cm³/mol. The standard InChI is InChI=1S/C21H29F3N4O/c1-25-19(26-14-18(29)28-11-3-2-4-12-28)27-15-20(9-6-10-20)16-7-5-8-17(13-16)21(22,23)24/h5,7-8,13H,2-4,6,9-12,14-15H2,1H3,(H2,25,26,27). The van der Waals surface area contributed by atoms with Gasteiger partial charge in [-0.25, -0.2) is 0 Å². The number of amides is 1. The topological polar surface area (TPSA) is 56.7 Å². The molecule has 0 spiro atoms. The summed E-state index contributed by atoms with van der Waals surface area (Å²) in [6.07, 6.45) is 1.53. The van der Waals surface area contributed by atoms with Crippen molar-refractivity contribution in [3.63, 3.8) is 0 Å². The highest BCUT2D eigenvalue weighted by atomic mass is 19.4. The summed E-state index contributed by atoms with van der Waals surface area (Å²) < 4.78 is 39.3. The van der Waals surface area contributed by atoms with Crippen molar-refractivity contribution in [1.29, 1.82) is 0 Å². The molecular weight excluding hydrogens is 381 g/mol. The van der Waals surface area contributed by atoms with E-state index in [4.69, 9.17) is 0 Å². The zero-order valence-electron chi connectivity index (χ0n) is 16.8. The fraction of sp³-hybridized carbons (Fsp3) is 0.619. The molecule has 0 aromatic heterocycles. The number of aliphatic imine (C=N–C) groups is 1. The number of nitrogens with one attached hydrogen (secondary N) is 2. The first-order valence-corrected chi connectivity index (χ1v) is 10.2. The highest BCUT2D eigenvalue weighted by Gasteiger charge is 2.40. The number of hydrogen-bond donors (Lipinski definition) is 2. The minimum atomic E-state index is -4.35. The highest BCUT2D eigenvalue weighted by Crippen LogP contribution is 2.44. The molecule has 0 radical (unpaired) electrons. The maximum absolute atomic E-state index is 13.1. The summed E-state index contributed by atoms with van der Waals surface area (Å²) in [7, 11) is 1.62. The van der Waals surface area contributed by atoms with Crippen molar-refractivity contribution >= 4 is 11.9 Å². The molecule has 1 aromatic rings. The second-order valence-electron chi connectivity index (χ2n) is 7.93. The van der Waals surface area contributed by atoms with Crippen LogP contribution >= 0.6 is 0 Å². The molecule has 3 rings (SSSR count). The number of hydrogen-bond acceptors (Lipinski definition) is 2. The molecule has 1 aliphatic carbocycles. The fourth-order valence-electron chi connectivity index (χ4n) is 4.08. The van der Waals surface area contributed by atoms with Crippen molar-refractivity contribution in [2.24, 2.45) is 4.99 Å². The molecule has 160 valence electrons. The summed E-state index contributed by atoms with van der Waals surface area (Å²) in [6.45, 7) is 2.23. The normalized spacial score (nSPS) is 19.4. The lowest BCUT2D eigenvalue weighted by atomic mass is 9.64. The Morgan fingerprint density at radius 2 is 1.86 bits per heavy atom. The average molecular weight is 410 g/mol. The first kappa shape index (κ1) is 21.5. The minimum Gasteiger partial charge on any atom is -0.356 e. The van der Waals surface area contributed by atoms with Crippen molar-refractivity contribution in [3.05, 3.63) is 35.4 Å². The Labute approximate surface area is 169 Å². The summed E-state index contributed by atoms with van der Waals surface area (Å²) in [5.41, 5.74) is -0.253. The number of nitrogens with zero attached hydrogens (tertiary/aromatic N) is 2. The zero-order valence-corrected chi connectivity index (χ0v) is 16.8. The molecule has 2 N–H and O–H groups in total. The quantitative estimate of drug-likeness (QED) is 0.579. The Kier molecular flexibility index (Phi) is 6.70. The SMILES string of the molecule is CN=C(NCC(=O)N1CCCCC1)NCC1(c2cccc(C(F)(F)F)c2)CCC1. The van der Waals surface area contributed by atoms with E-state index in [2.05, 4.69) is 15.6 Å². The molecule has 2 aliphatic rings. The maximum atomic E-state index is 13.1. The van der Waals surface area contributed by atoms with Crippen molar-refractivity contribution in [1.82, 2.24) is 15.5 Å². The summed E-state index contributed by atoms with van der Waals surface area (Å²) in [5.74, 6) is 0.539. The molecule has 1 saturated heterocycles.